The Morgan fingerprint density at radius 3 is 2.67 bits per heavy atom. The van der Waals surface area contributed by atoms with Crippen molar-refractivity contribution in [3.05, 3.63) is 17.5 Å². The Hall–Kier alpha value is -1.32. The zero-order chi connectivity index (χ0) is 11.4. The van der Waals surface area contributed by atoms with Crippen molar-refractivity contribution in [2.24, 2.45) is 0 Å². The first-order chi connectivity index (χ1) is 7.13. The molecule has 15 heavy (non-hydrogen) atoms. The summed E-state index contributed by atoms with van der Waals surface area (Å²) in [5.74, 6) is -0.254. The standard InChI is InChI=1S/C11H18N2O2/c1-5-9-7-10(6-2)13(12-9)8(3)11(14)15-4/h7-8H,5-6H2,1-4H3/t8-/m1/s1. The second-order valence-corrected chi connectivity index (χ2v) is 3.48. The van der Waals surface area contributed by atoms with Gasteiger partial charge in [0.2, 0.25) is 0 Å². The number of nitrogens with zero attached hydrogens (tertiary/aromatic N) is 2. The summed E-state index contributed by atoms with van der Waals surface area (Å²) < 4.78 is 6.46. The molecule has 0 spiro atoms. The van der Waals surface area contributed by atoms with Crippen LogP contribution in [0.4, 0.5) is 0 Å². The lowest BCUT2D eigenvalue weighted by Gasteiger charge is -2.12. The lowest BCUT2D eigenvalue weighted by Crippen LogP contribution is -2.20. The van der Waals surface area contributed by atoms with E-state index in [1.54, 1.807) is 11.6 Å². The topological polar surface area (TPSA) is 44.1 Å². The number of carbonyl (C=O) groups is 1. The number of aryl methyl sites for hydroxylation is 2. The van der Waals surface area contributed by atoms with Gasteiger partial charge in [-0.2, -0.15) is 5.10 Å². The van der Waals surface area contributed by atoms with Gasteiger partial charge in [-0.15, -0.1) is 0 Å². The highest BCUT2D eigenvalue weighted by Crippen LogP contribution is 2.14. The third kappa shape index (κ3) is 2.37. The lowest BCUT2D eigenvalue weighted by molar-refractivity contribution is -0.144. The molecule has 1 aromatic rings. The zero-order valence-electron chi connectivity index (χ0n) is 9.78. The van der Waals surface area contributed by atoms with Gasteiger partial charge in [-0.3, -0.25) is 4.68 Å². The third-order valence-corrected chi connectivity index (χ3v) is 2.50. The number of hydrogen-bond acceptors (Lipinski definition) is 3. The summed E-state index contributed by atoms with van der Waals surface area (Å²) in [6.45, 7) is 5.91. The van der Waals surface area contributed by atoms with Gasteiger partial charge in [0.15, 0.2) is 0 Å². The molecule has 0 saturated carbocycles. The van der Waals surface area contributed by atoms with E-state index in [4.69, 9.17) is 4.74 Å². The van der Waals surface area contributed by atoms with Crippen molar-refractivity contribution in [2.45, 2.75) is 39.7 Å². The number of hydrogen-bond donors (Lipinski definition) is 0. The summed E-state index contributed by atoms with van der Waals surface area (Å²) in [6.07, 6.45) is 1.75. The minimum absolute atomic E-state index is 0.254. The highest BCUT2D eigenvalue weighted by atomic mass is 16.5. The van der Waals surface area contributed by atoms with Crippen LogP contribution in [0.15, 0.2) is 6.07 Å². The molecule has 0 aliphatic carbocycles. The molecule has 84 valence electrons. The third-order valence-electron chi connectivity index (χ3n) is 2.50. The van der Waals surface area contributed by atoms with Crippen LogP contribution in [0.2, 0.25) is 0 Å². The number of esters is 1. The first-order valence-corrected chi connectivity index (χ1v) is 5.29. The van der Waals surface area contributed by atoms with Crippen molar-refractivity contribution in [1.82, 2.24) is 9.78 Å². The van der Waals surface area contributed by atoms with E-state index < -0.39 is 0 Å². The van der Waals surface area contributed by atoms with Crippen LogP contribution in [0.3, 0.4) is 0 Å². The van der Waals surface area contributed by atoms with Crippen LogP contribution in [0.1, 0.15) is 38.2 Å². The highest BCUT2D eigenvalue weighted by Gasteiger charge is 2.19. The fourth-order valence-corrected chi connectivity index (χ4v) is 1.53. The molecule has 1 heterocycles. The zero-order valence-corrected chi connectivity index (χ0v) is 9.78. The Morgan fingerprint density at radius 1 is 1.53 bits per heavy atom. The predicted molar refractivity (Wildman–Crippen MR) is 57.7 cm³/mol. The number of methoxy groups -OCH3 is 1. The smallest absolute Gasteiger partial charge is 0.330 e. The normalized spacial score (nSPS) is 12.5. The fraction of sp³-hybridized carbons (Fsp3) is 0.636. The van der Waals surface area contributed by atoms with Gasteiger partial charge in [0.1, 0.15) is 6.04 Å². The fourth-order valence-electron chi connectivity index (χ4n) is 1.53. The second kappa shape index (κ2) is 4.96. The molecule has 0 amide bonds. The van der Waals surface area contributed by atoms with E-state index in [0.717, 1.165) is 24.2 Å². The Kier molecular flexibility index (Phi) is 3.88. The van der Waals surface area contributed by atoms with Crippen LogP contribution in [0.25, 0.3) is 0 Å². The quantitative estimate of drug-likeness (QED) is 0.711. The highest BCUT2D eigenvalue weighted by molar-refractivity contribution is 5.73. The predicted octanol–water partition coefficient (Wildman–Crippen LogP) is 1.74. The Balaban J connectivity index is 3.00. The van der Waals surface area contributed by atoms with E-state index in [0.29, 0.717) is 0 Å². The van der Waals surface area contributed by atoms with Crippen LogP contribution in [0, 0.1) is 0 Å². The first kappa shape index (κ1) is 11.8. The van der Waals surface area contributed by atoms with Crippen molar-refractivity contribution >= 4 is 5.97 Å². The maximum Gasteiger partial charge on any atom is 0.330 e. The minimum Gasteiger partial charge on any atom is -0.467 e. The number of aromatic nitrogens is 2. The Bertz CT molecular complexity index is 344. The summed E-state index contributed by atoms with van der Waals surface area (Å²) in [5, 5.41) is 4.38. The molecule has 1 atom stereocenters. The number of rotatable bonds is 4. The molecule has 4 nitrogen and oxygen atoms in total. The Labute approximate surface area is 90.2 Å². The molecule has 0 radical (unpaired) electrons. The average molecular weight is 210 g/mol. The van der Waals surface area contributed by atoms with E-state index in [9.17, 15) is 4.79 Å². The van der Waals surface area contributed by atoms with Gasteiger partial charge in [0.05, 0.1) is 12.8 Å². The van der Waals surface area contributed by atoms with Gasteiger partial charge in [-0.25, -0.2) is 4.79 Å². The first-order valence-electron chi connectivity index (χ1n) is 5.29. The lowest BCUT2D eigenvalue weighted by atomic mass is 10.2. The summed E-state index contributed by atoms with van der Waals surface area (Å²) in [6, 6.07) is 1.70. The van der Waals surface area contributed by atoms with Crippen LogP contribution in [-0.4, -0.2) is 22.9 Å². The molecule has 0 aromatic carbocycles. The van der Waals surface area contributed by atoms with Gasteiger partial charge in [0, 0.05) is 5.69 Å². The van der Waals surface area contributed by atoms with Gasteiger partial charge in [-0.05, 0) is 25.8 Å². The van der Waals surface area contributed by atoms with Crippen LogP contribution in [-0.2, 0) is 22.4 Å². The van der Waals surface area contributed by atoms with Crippen LogP contribution >= 0.6 is 0 Å². The molecule has 0 bridgehead atoms. The van der Waals surface area contributed by atoms with E-state index >= 15 is 0 Å². The van der Waals surface area contributed by atoms with Crippen molar-refractivity contribution in [2.75, 3.05) is 7.11 Å². The van der Waals surface area contributed by atoms with Crippen molar-refractivity contribution in [1.29, 1.82) is 0 Å². The SMILES string of the molecule is CCc1cc(CC)n([C@H](C)C(=O)OC)n1. The van der Waals surface area contributed by atoms with E-state index in [2.05, 4.69) is 18.9 Å². The van der Waals surface area contributed by atoms with E-state index in [1.807, 2.05) is 6.07 Å². The second-order valence-electron chi connectivity index (χ2n) is 3.48. The number of carbonyl (C=O) groups excluding carboxylic acids is 1. The maximum absolute atomic E-state index is 11.4. The molecule has 0 fully saturated rings. The molecule has 0 saturated heterocycles. The molecular weight excluding hydrogens is 192 g/mol. The van der Waals surface area contributed by atoms with Crippen LogP contribution < -0.4 is 0 Å². The number of ether oxygens (including phenoxy) is 1. The molecule has 1 rings (SSSR count). The molecule has 0 aliphatic heterocycles. The molecule has 0 N–H and O–H groups in total. The van der Waals surface area contributed by atoms with Crippen LogP contribution in [0.5, 0.6) is 0 Å². The van der Waals surface area contributed by atoms with Crippen molar-refractivity contribution in [3.63, 3.8) is 0 Å². The summed E-state index contributed by atoms with van der Waals surface area (Å²) in [5.41, 5.74) is 2.09. The minimum atomic E-state index is -0.342. The van der Waals surface area contributed by atoms with Crippen molar-refractivity contribution in [3.8, 4) is 0 Å². The molecular formula is C11H18N2O2. The van der Waals surface area contributed by atoms with Gasteiger partial charge in [0.25, 0.3) is 0 Å². The molecule has 0 unspecified atom stereocenters. The average Bonchev–Trinajstić information content (AvgIpc) is 2.69. The molecule has 1 aromatic heterocycles. The summed E-state index contributed by atoms with van der Waals surface area (Å²) in [4.78, 5) is 11.4. The monoisotopic (exact) mass is 210 g/mol. The molecule has 0 aliphatic rings. The van der Waals surface area contributed by atoms with E-state index in [-0.39, 0.29) is 12.0 Å². The van der Waals surface area contributed by atoms with Crippen molar-refractivity contribution < 1.29 is 9.53 Å². The van der Waals surface area contributed by atoms with Gasteiger partial charge >= 0.3 is 5.97 Å². The van der Waals surface area contributed by atoms with E-state index in [1.165, 1.54) is 7.11 Å². The van der Waals surface area contributed by atoms with Gasteiger partial charge in [-0.1, -0.05) is 13.8 Å². The summed E-state index contributed by atoms with van der Waals surface area (Å²) in [7, 11) is 1.40. The van der Waals surface area contributed by atoms with Gasteiger partial charge < -0.3 is 4.74 Å². The molecule has 4 heteroatoms. The largest absolute Gasteiger partial charge is 0.467 e. The Morgan fingerprint density at radius 2 is 2.20 bits per heavy atom. The maximum atomic E-state index is 11.4. The summed E-state index contributed by atoms with van der Waals surface area (Å²) >= 11 is 0.